The summed E-state index contributed by atoms with van der Waals surface area (Å²) in [6.45, 7) is 6.88. The van der Waals surface area contributed by atoms with Gasteiger partial charge in [-0.05, 0) is 38.1 Å². The van der Waals surface area contributed by atoms with Crippen molar-refractivity contribution in [3.8, 4) is 0 Å². The van der Waals surface area contributed by atoms with Crippen molar-refractivity contribution in [1.29, 1.82) is 0 Å². The zero-order valence-corrected chi connectivity index (χ0v) is 12.7. The third-order valence-electron chi connectivity index (χ3n) is 4.01. The molecule has 20 heavy (non-hydrogen) atoms. The van der Waals surface area contributed by atoms with E-state index in [0.717, 1.165) is 18.8 Å². The Bertz CT molecular complexity index is 421. The van der Waals surface area contributed by atoms with Gasteiger partial charge < -0.3 is 15.1 Å². The Kier molecular flexibility index (Phi) is 5.06. The van der Waals surface area contributed by atoms with Gasteiger partial charge in [-0.25, -0.2) is 0 Å². The molecule has 2 rings (SSSR count). The number of hydrogen-bond acceptors (Lipinski definition) is 3. The van der Waals surface area contributed by atoms with Gasteiger partial charge in [0.2, 0.25) is 0 Å². The van der Waals surface area contributed by atoms with Crippen LogP contribution in [0.4, 0.5) is 0 Å². The molecular weight excluding hydrogens is 252 g/mol. The highest BCUT2D eigenvalue weighted by Crippen LogP contribution is 2.25. The highest BCUT2D eigenvalue weighted by Gasteiger charge is 2.28. The van der Waals surface area contributed by atoms with Gasteiger partial charge in [0.25, 0.3) is 0 Å². The molecule has 5 heteroatoms. The van der Waals surface area contributed by atoms with Crippen molar-refractivity contribution in [3.05, 3.63) is 24.2 Å². The minimum Gasteiger partial charge on any atom is -0.468 e. The molecule has 1 saturated carbocycles. The zero-order chi connectivity index (χ0) is 14.5. The van der Waals surface area contributed by atoms with Gasteiger partial charge in [0, 0.05) is 13.1 Å². The SMILES string of the molecule is CCN(CC)C(CN=C(N)N(C)C1CC1)c1ccco1. The summed E-state index contributed by atoms with van der Waals surface area (Å²) in [6.07, 6.45) is 4.17. The summed E-state index contributed by atoms with van der Waals surface area (Å²) in [5.41, 5.74) is 6.07. The van der Waals surface area contributed by atoms with Crippen molar-refractivity contribution >= 4 is 5.96 Å². The molecule has 0 aromatic carbocycles. The third-order valence-corrected chi connectivity index (χ3v) is 4.01. The van der Waals surface area contributed by atoms with Gasteiger partial charge in [-0.15, -0.1) is 0 Å². The fourth-order valence-corrected chi connectivity index (χ4v) is 2.47. The van der Waals surface area contributed by atoms with E-state index in [1.165, 1.54) is 12.8 Å². The first kappa shape index (κ1) is 14.9. The lowest BCUT2D eigenvalue weighted by molar-refractivity contribution is 0.198. The monoisotopic (exact) mass is 278 g/mol. The maximum Gasteiger partial charge on any atom is 0.191 e. The molecule has 1 aliphatic carbocycles. The van der Waals surface area contributed by atoms with E-state index in [0.29, 0.717) is 18.5 Å². The minimum absolute atomic E-state index is 0.158. The molecule has 0 saturated heterocycles. The van der Waals surface area contributed by atoms with Crippen molar-refractivity contribution in [2.75, 3.05) is 26.7 Å². The molecule has 1 aromatic heterocycles. The Morgan fingerprint density at radius 3 is 2.65 bits per heavy atom. The minimum atomic E-state index is 0.158. The molecule has 1 atom stereocenters. The van der Waals surface area contributed by atoms with Crippen LogP contribution >= 0.6 is 0 Å². The van der Waals surface area contributed by atoms with Gasteiger partial charge in [-0.1, -0.05) is 13.8 Å². The maximum atomic E-state index is 6.07. The Labute approximate surface area is 121 Å². The fraction of sp³-hybridized carbons (Fsp3) is 0.667. The normalized spacial score (nSPS) is 17.5. The van der Waals surface area contributed by atoms with E-state index >= 15 is 0 Å². The van der Waals surface area contributed by atoms with Crippen LogP contribution in [0.25, 0.3) is 0 Å². The summed E-state index contributed by atoms with van der Waals surface area (Å²) < 4.78 is 5.57. The molecule has 0 spiro atoms. The number of aliphatic imine (C=N–C) groups is 1. The highest BCUT2D eigenvalue weighted by molar-refractivity contribution is 5.78. The fourth-order valence-electron chi connectivity index (χ4n) is 2.47. The predicted molar refractivity (Wildman–Crippen MR) is 81.6 cm³/mol. The van der Waals surface area contributed by atoms with Gasteiger partial charge in [0.05, 0.1) is 18.8 Å². The molecule has 1 aliphatic rings. The molecule has 0 aliphatic heterocycles. The topological polar surface area (TPSA) is 58.0 Å². The van der Waals surface area contributed by atoms with E-state index in [2.05, 4.69) is 28.6 Å². The highest BCUT2D eigenvalue weighted by atomic mass is 16.3. The average molecular weight is 278 g/mol. The van der Waals surface area contributed by atoms with Crippen molar-refractivity contribution in [3.63, 3.8) is 0 Å². The van der Waals surface area contributed by atoms with E-state index < -0.39 is 0 Å². The maximum absolute atomic E-state index is 6.07. The second-order valence-electron chi connectivity index (χ2n) is 5.29. The number of rotatable bonds is 7. The van der Waals surface area contributed by atoms with Crippen molar-refractivity contribution in [2.45, 2.75) is 38.8 Å². The van der Waals surface area contributed by atoms with Crippen molar-refractivity contribution in [2.24, 2.45) is 10.7 Å². The molecule has 1 aromatic rings. The number of nitrogens with zero attached hydrogens (tertiary/aromatic N) is 3. The number of furan rings is 1. The van der Waals surface area contributed by atoms with Crippen molar-refractivity contribution < 1.29 is 4.42 Å². The van der Waals surface area contributed by atoms with E-state index in [4.69, 9.17) is 10.2 Å². The molecule has 0 radical (unpaired) electrons. The van der Waals surface area contributed by atoms with Crippen LogP contribution in [0.15, 0.2) is 27.8 Å². The molecule has 2 N–H and O–H groups in total. The molecule has 1 heterocycles. The van der Waals surface area contributed by atoms with Crippen LogP contribution in [0.3, 0.4) is 0 Å². The number of hydrogen-bond donors (Lipinski definition) is 1. The average Bonchev–Trinajstić information content (AvgIpc) is 3.18. The first-order valence-electron chi connectivity index (χ1n) is 7.47. The second-order valence-corrected chi connectivity index (χ2v) is 5.29. The second kappa shape index (κ2) is 6.79. The van der Waals surface area contributed by atoms with E-state index in [1.807, 2.05) is 19.2 Å². The lowest BCUT2D eigenvalue weighted by Crippen LogP contribution is -2.37. The molecular formula is C15H26N4O. The first-order valence-corrected chi connectivity index (χ1v) is 7.47. The molecule has 112 valence electrons. The van der Waals surface area contributed by atoms with Crippen LogP contribution in [0.2, 0.25) is 0 Å². The van der Waals surface area contributed by atoms with E-state index in [1.54, 1.807) is 6.26 Å². The molecule has 1 unspecified atom stereocenters. The first-order chi connectivity index (χ1) is 9.67. The lowest BCUT2D eigenvalue weighted by atomic mass is 10.2. The summed E-state index contributed by atoms with van der Waals surface area (Å²) in [6, 6.07) is 4.69. The van der Waals surface area contributed by atoms with Gasteiger partial charge >= 0.3 is 0 Å². The summed E-state index contributed by atoms with van der Waals surface area (Å²) in [5.74, 6) is 1.59. The Hall–Kier alpha value is -1.49. The van der Waals surface area contributed by atoms with Crippen LogP contribution < -0.4 is 5.73 Å². The third kappa shape index (κ3) is 3.54. The van der Waals surface area contributed by atoms with E-state index in [9.17, 15) is 0 Å². The summed E-state index contributed by atoms with van der Waals surface area (Å²) >= 11 is 0. The summed E-state index contributed by atoms with van der Waals surface area (Å²) in [7, 11) is 2.02. The zero-order valence-electron chi connectivity index (χ0n) is 12.7. The number of nitrogens with two attached hydrogens (primary N) is 1. The van der Waals surface area contributed by atoms with Crippen LogP contribution in [0.5, 0.6) is 0 Å². The van der Waals surface area contributed by atoms with Gasteiger partial charge in [0.1, 0.15) is 5.76 Å². The van der Waals surface area contributed by atoms with Gasteiger partial charge in [-0.3, -0.25) is 9.89 Å². The standard InChI is InChI=1S/C15H26N4O/c1-4-19(5-2)13(14-7-6-10-20-14)11-17-15(16)18(3)12-8-9-12/h6-7,10,12-13H,4-5,8-9,11H2,1-3H3,(H2,16,17). The van der Waals surface area contributed by atoms with Gasteiger partial charge in [0.15, 0.2) is 5.96 Å². The Balaban J connectivity index is 2.05. The largest absolute Gasteiger partial charge is 0.468 e. The lowest BCUT2D eigenvalue weighted by Gasteiger charge is -2.27. The van der Waals surface area contributed by atoms with Gasteiger partial charge in [-0.2, -0.15) is 0 Å². The quantitative estimate of drug-likeness (QED) is 0.613. The van der Waals surface area contributed by atoms with Crippen LogP contribution in [-0.4, -0.2) is 48.5 Å². The Morgan fingerprint density at radius 2 is 2.15 bits per heavy atom. The van der Waals surface area contributed by atoms with Crippen LogP contribution in [0, 0.1) is 0 Å². The summed E-state index contributed by atoms with van der Waals surface area (Å²) in [4.78, 5) is 9.00. The molecule has 0 bridgehead atoms. The number of guanidine groups is 1. The van der Waals surface area contributed by atoms with E-state index in [-0.39, 0.29) is 6.04 Å². The molecule has 1 fully saturated rings. The number of likely N-dealkylation sites (N-methyl/N-ethyl adjacent to an activating group) is 1. The Morgan fingerprint density at radius 1 is 1.45 bits per heavy atom. The summed E-state index contributed by atoms with van der Waals surface area (Å²) in [5, 5.41) is 0. The smallest absolute Gasteiger partial charge is 0.191 e. The molecule has 0 amide bonds. The van der Waals surface area contributed by atoms with Crippen molar-refractivity contribution in [1.82, 2.24) is 9.80 Å². The van der Waals surface area contributed by atoms with Crippen LogP contribution in [-0.2, 0) is 0 Å². The molecule has 5 nitrogen and oxygen atoms in total. The van der Waals surface area contributed by atoms with Crippen LogP contribution in [0.1, 0.15) is 38.5 Å². The predicted octanol–water partition coefficient (Wildman–Crippen LogP) is 2.07.